The number of hydrogen-bond acceptors (Lipinski definition) is 4. The quantitative estimate of drug-likeness (QED) is 0.654. The zero-order valence-electron chi connectivity index (χ0n) is 16.6. The summed E-state index contributed by atoms with van der Waals surface area (Å²) >= 11 is 0. The molecule has 1 saturated carbocycles. The topological polar surface area (TPSA) is 53.0 Å². The van der Waals surface area contributed by atoms with E-state index in [4.69, 9.17) is 4.74 Å². The van der Waals surface area contributed by atoms with Gasteiger partial charge in [0.25, 0.3) is 0 Å². The molecule has 1 spiro atoms. The number of guanidine groups is 1. The number of aliphatic imine (C=N–C) groups is 1. The van der Waals surface area contributed by atoms with E-state index in [1.54, 1.807) is 0 Å². The van der Waals surface area contributed by atoms with Crippen molar-refractivity contribution in [3.8, 4) is 0 Å². The summed E-state index contributed by atoms with van der Waals surface area (Å²) in [4.78, 5) is 14.0. The molecule has 0 atom stereocenters. The lowest BCUT2D eigenvalue weighted by Gasteiger charge is -2.33. The fraction of sp³-hybridized carbons (Fsp3) is 0.714. The Bertz CT molecular complexity index is 650. The van der Waals surface area contributed by atoms with Crippen molar-refractivity contribution in [3.05, 3.63) is 23.9 Å². The predicted molar refractivity (Wildman–Crippen MR) is 109 cm³/mol. The molecule has 6 nitrogen and oxygen atoms in total. The molecule has 0 bridgehead atoms. The number of hydrogen-bond donors (Lipinski definition) is 1. The van der Waals surface area contributed by atoms with Crippen LogP contribution in [-0.2, 0) is 11.3 Å². The summed E-state index contributed by atoms with van der Waals surface area (Å²) in [6, 6.07) is 4.20. The molecule has 2 aliphatic heterocycles. The maximum atomic E-state index is 5.49. The number of morpholine rings is 1. The van der Waals surface area contributed by atoms with E-state index in [1.165, 1.54) is 44.1 Å². The number of nitrogens with one attached hydrogen (secondary N) is 1. The summed E-state index contributed by atoms with van der Waals surface area (Å²) in [6.45, 7) is 6.43. The summed E-state index contributed by atoms with van der Waals surface area (Å²) in [5, 5.41) is 3.61. The van der Waals surface area contributed by atoms with Gasteiger partial charge in [0.05, 0.1) is 13.2 Å². The van der Waals surface area contributed by atoms with Gasteiger partial charge in [-0.25, -0.2) is 4.98 Å². The first-order chi connectivity index (χ1) is 13.3. The Hall–Kier alpha value is -1.82. The number of rotatable bonds is 3. The molecule has 4 rings (SSSR count). The van der Waals surface area contributed by atoms with Crippen molar-refractivity contribution in [2.75, 3.05) is 51.3 Å². The zero-order valence-corrected chi connectivity index (χ0v) is 16.6. The standard InChI is InChI=1S/C21H33N5O/c1-22-20(26-11-9-21(17-26)7-3-2-4-8-21)24-16-18-6-5-10-23-19(18)25-12-14-27-15-13-25/h5-6,10H,2-4,7-9,11-17H2,1H3,(H,22,24). The van der Waals surface area contributed by atoms with Gasteiger partial charge in [-0.2, -0.15) is 0 Å². The van der Waals surface area contributed by atoms with Crippen LogP contribution in [0.15, 0.2) is 23.3 Å². The maximum absolute atomic E-state index is 5.49. The van der Waals surface area contributed by atoms with Crippen molar-refractivity contribution >= 4 is 11.8 Å². The number of likely N-dealkylation sites (tertiary alicyclic amines) is 1. The Labute approximate surface area is 163 Å². The van der Waals surface area contributed by atoms with Crippen molar-refractivity contribution in [2.24, 2.45) is 10.4 Å². The Morgan fingerprint density at radius 1 is 1.19 bits per heavy atom. The van der Waals surface area contributed by atoms with E-state index in [0.717, 1.165) is 57.7 Å². The van der Waals surface area contributed by atoms with Crippen molar-refractivity contribution < 1.29 is 4.74 Å². The summed E-state index contributed by atoms with van der Waals surface area (Å²) in [6.07, 6.45) is 10.2. The van der Waals surface area contributed by atoms with Gasteiger partial charge < -0.3 is 19.9 Å². The highest BCUT2D eigenvalue weighted by Crippen LogP contribution is 2.43. The molecule has 0 radical (unpaired) electrons. The second kappa shape index (κ2) is 8.46. The lowest BCUT2D eigenvalue weighted by atomic mass is 9.73. The summed E-state index contributed by atoms with van der Waals surface area (Å²) in [5.41, 5.74) is 1.77. The third kappa shape index (κ3) is 4.21. The van der Waals surface area contributed by atoms with Gasteiger partial charge in [0.2, 0.25) is 0 Å². The third-order valence-corrected chi connectivity index (χ3v) is 6.48. The van der Waals surface area contributed by atoms with Gasteiger partial charge >= 0.3 is 0 Å². The molecule has 1 N–H and O–H groups in total. The van der Waals surface area contributed by atoms with E-state index < -0.39 is 0 Å². The largest absolute Gasteiger partial charge is 0.378 e. The molecule has 3 heterocycles. The average molecular weight is 372 g/mol. The molecular weight excluding hydrogens is 338 g/mol. The van der Waals surface area contributed by atoms with Gasteiger partial charge in [0, 0.05) is 51.5 Å². The van der Waals surface area contributed by atoms with Crippen molar-refractivity contribution in [3.63, 3.8) is 0 Å². The van der Waals surface area contributed by atoms with Crippen LogP contribution in [0.2, 0.25) is 0 Å². The Morgan fingerprint density at radius 2 is 2.00 bits per heavy atom. The molecule has 1 aromatic heterocycles. The molecule has 1 aliphatic carbocycles. The van der Waals surface area contributed by atoms with Crippen LogP contribution >= 0.6 is 0 Å². The summed E-state index contributed by atoms with van der Waals surface area (Å²) < 4.78 is 5.49. The van der Waals surface area contributed by atoms with Crippen LogP contribution in [0.4, 0.5) is 5.82 Å². The Morgan fingerprint density at radius 3 is 2.78 bits per heavy atom. The van der Waals surface area contributed by atoms with Crippen molar-refractivity contribution in [1.82, 2.24) is 15.2 Å². The molecular formula is C21H33N5O. The van der Waals surface area contributed by atoms with Crippen LogP contribution in [0, 0.1) is 5.41 Å². The second-order valence-corrected chi connectivity index (χ2v) is 8.22. The van der Waals surface area contributed by atoms with Crippen LogP contribution in [0.1, 0.15) is 44.1 Å². The molecule has 3 aliphatic rings. The molecule has 0 unspecified atom stereocenters. The molecule has 3 fully saturated rings. The van der Waals surface area contributed by atoms with Gasteiger partial charge in [-0.05, 0) is 30.7 Å². The van der Waals surface area contributed by atoms with E-state index in [9.17, 15) is 0 Å². The highest BCUT2D eigenvalue weighted by molar-refractivity contribution is 5.80. The number of anilines is 1. The van der Waals surface area contributed by atoms with Gasteiger partial charge in [-0.3, -0.25) is 4.99 Å². The summed E-state index contributed by atoms with van der Waals surface area (Å²) in [7, 11) is 1.90. The molecule has 2 saturated heterocycles. The number of pyridine rings is 1. The van der Waals surface area contributed by atoms with Crippen LogP contribution in [-0.4, -0.2) is 62.3 Å². The predicted octanol–water partition coefficient (Wildman–Crippen LogP) is 2.65. The monoisotopic (exact) mass is 371 g/mol. The Balaban J connectivity index is 1.39. The minimum absolute atomic E-state index is 0.545. The highest BCUT2D eigenvalue weighted by Gasteiger charge is 2.39. The number of ether oxygens (including phenoxy) is 1. The van der Waals surface area contributed by atoms with E-state index in [0.29, 0.717) is 5.41 Å². The number of nitrogens with zero attached hydrogens (tertiary/aromatic N) is 4. The van der Waals surface area contributed by atoms with Crippen LogP contribution in [0.3, 0.4) is 0 Å². The third-order valence-electron chi connectivity index (χ3n) is 6.48. The average Bonchev–Trinajstić information content (AvgIpc) is 3.13. The molecule has 6 heteroatoms. The Kier molecular flexibility index (Phi) is 5.81. The zero-order chi connectivity index (χ0) is 18.5. The van der Waals surface area contributed by atoms with E-state index in [-0.39, 0.29) is 0 Å². The van der Waals surface area contributed by atoms with E-state index in [2.05, 4.69) is 31.2 Å². The second-order valence-electron chi connectivity index (χ2n) is 8.22. The first-order valence-corrected chi connectivity index (χ1v) is 10.5. The SMILES string of the molecule is CN=C(NCc1cccnc1N1CCOCC1)N1CCC2(CCCCC2)C1. The molecule has 27 heavy (non-hydrogen) atoms. The minimum atomic E-state index is 0.545. The molecule has 0 amide bonds. The lowest BCUT2D eigenvalue weighted by Crippen LogP contribution is -2.42. The molecule has 148 valence electrons. The molecule has 1 aromatic rings. The first kappa shape index (κ1) is 18.5. The van der Waals surface area contributed by atoms with Gasteiger partial charge in [0.15, 0.2) is 5.96 Å². The van der Waals surface area contributed by atoms with Gasteiger partial charge in [0.1, 0.15) is 5.82 Å². The normalized spacial score (nSPS) is 23.1. The van der Waals surface area contributed by atoms with Gasteiger partial charge in [-0.15, -0.1) is 0 Å². The number of aromatic nitrogens is 1. The summed E-state index contributed by atoms with van der Waals surface area (Å²) in [5.74, 6) is 2.11. The van der Waals surface area contributed by atoms with Crippen LogP contribution in [0.25, 0.3) is 0 Å². The fourth-order valence-corrected chi connectivity index (χ4v) is 4.96. The smallest absolute Gasteiger partial charge is 0.193 e. The molecule has 0 aromatic carbocycles. The maximum Gasteiger partial charge on any atom is 0.193 e. The fourth-order valence-electron chi connectivity index (χ4n) is 4.96. The van der Waals surface area contributed by atoms with E-state index >= 15 is 0 Å². The van der Waals surface area contributed by atoms with E-state index in [1.807, 2.05) is 19.3 Å². The first-order valence-electron chi connectivity index (χ1n) is 10.5. The van der Waals surface area contributed by atoms with Crippen molar-refractivity contribution in [2.45, 2.75) is 45.1 Å². The van der Waals surface area contributed by atoms with Gasteiger partial charge in [-0.1, -0.05) is 25.3 Å². The van der Waals surface area contributed by atoms with Crippen molar-refractivity contribution in [1.29, 1.82) is 0 Å². The lowest BCUT2D eigenvalue weighted by molar-refractivity contribution is 0.122. The van der Waals surface area contributed by atoms with Crippen LogP contribution in [0.5, 0.6) is 0 Å². The van der Waals surface area contributed by atoms with Crippen LogP contribution < -0.4 is 10.2 Å². The minimum Gasteiger partial charge on any atom is -0.378 e. The highest BCUT2D eigenvalue weighted by atomic mass is 16.5.